The van der Waals surface area contributed by atoms with E-state index >= 15 is 0 Å². The molecular weight excluding hydrogens is 362 g/mol. The first-order chi connectivity index (χ1) is 10.8. The minimum Gasteiger partial charge on any atom is -0.376 e. The summed E-state index contributed by atoms with van der Waals surface area (Å²) >= 11 is 5.25. The molecule has 0 radical (unpaired) electrons. The van der Waals surface area contributed by atoms with E-state index in [0.717, 1.165) is 47.6 Å². The molecular formula is C16H16BrN3OS. The Morgan fingerprint density at radius 2 is 2.36 bits per heavy atom. The van der Waals surface area contributed by atoms with Crippen molar-refractivity contribution in [2.75, 3.05) is 18.5 Å². The van der Waals surface area contributed by atoms with Crippen LogP contribution >= 0.6 is 27.3 Å². The molecule has 1 fully saturated rings. The molecule has 1 saturated heterocycles. The summed E-state index contributed by atoms with van der Waals surface area (Å²) in [4.78, 5) is 5.97. The second-order valence-electron chi connectivity index (χ2n) is 5.38. The number of aromatic nitrogens is 2. The average Bonchev–Trinajstić information content (AvgIpc) is 3.25. The number of hydrogen-bond acceptors (Lipinski definition) is 4. The number of thiophene rings is 1. The van der Waals surface area contributed by atoms with Gasteiger partial charge in [0.15, 0.2) is 0 Å². The van der Waals surface area contributed by atoms with Gasteiger partial charge in [0.25, 0.3) is 0 Å². The molecule has 1 N–H and O–H groups in total. The van der Waals surface area contributed by atoms with Crippen LogP contribution in [0.1, 0.15) is 12.8 Å². The van der Waals surface area contributed by atoms with Crippen molar-refractivity contribution in [3.63, 3.8) is 0 Å². The fraction of sp³-hybridized carbons (Fsp3) is 0.312. The van der Waals surface area contributed by atoms with Crippen LogP contribution < -0.4 is 5.32 Å². The first-order valence-electron chi connectivity index (χ1n) is 7.38. The van der Waals surface area contributed by atoms with Crippen LogP contribution in [0.4, 0.5) is 5.82 Å². The van der Waals surface area contributed by atoms with Gasteiger partial charge in [0.1, 0.15) is 17.2 Å². The number of hydrogen-bond donors (Lipinski definition) is 1. The fourth-order valence-corrected chi connectivity index (χ4v) is 3.84. The van der Waals surface area contributed by atoms with Gasteiger partial charge in [0.05, 0.1) is 11.0 Å². The van der Waals surface area contributed by atoms with Gasteiger partial charge in [-0.25, -0.2) is 4.98 Å². The number of nitrogens with zero attached hydrogens (tertiary/aromatic N) is 2. The lowest BCUT2D eigenvalue weighted by molar-refractivity contribution is 0.120. The van der Waals surface area contributed by atoms with Gasteiger partial charge in [-0.1, -0.05) is 6.07 Å². The molecule has 4 heterocycles. The summed E-state index contributed by atoms with van der Waals surface area (Å²) in [6, 6.07) is 8.21. The predicted molar refractivity (Wildman–Crippen MR) is 93.7 cm³/mol. The molecule has 1 atom stereocenters. The van der Waals surface area contributed by atoms with Crippen molar-refractivity contribution in [3.05, 3.63) is 40.3 Å². The zero-order chi connectivity index (χ0) is 14.9. The van der Waals surface area contributed by atoms with Crippen molar-refractivity contribution in [1.29, 1.82) is 0 Å². The minimum atomic E-state index is 0.300. The summed E-state index contributed by atoms with van der Waals surface area (Å²) in [6.07, 6.45) is 4.64. The van der Waals surface area contributed by atoms with Crippen LogP contribution in [0.15, 0.2) is 40.3 Å². The lowest BCUT2D eigenvalue weighted by atomic mass is 10.2. The topological polar surface area (TPSA) is 38.6 Å². The number of rotatable bonds is 4. The number of fused-ring (bicyclic) bond motifs is 1. The van der Waals surface area contributed by atoms with Crippen molar-refractivity contribution >= 4 is 38.7 Å². The molecule has 1 aliphatic heterocycles. The molecule has 0 unspecified atom stereocenters. The van der Waals surface area contributed by atoms with Gasteiger partial charge in [0.2, 0.25) is 0 Å². The molecule has 0 saturated carbocycles. The number of halogens is 1. The van der Waals surface area contributed by atoms with Gasteiger partial charge < -0.3 is 10.1 Å². The molecule has 4 rings (SSSR count). The van der Waals surface area contributed by atoms with E-state index < -0.39 is 0 Å². The summed E-state index contributed by atoms with van der Waals surface area (Å²) < 4.78 is 8.86. The van der Waals surface area contributed by atoms with E-state index in [1.807, 2.05) is 12.1 Å². The van der Waals surface area contributed by atoms with Crippen molar-refractivity contribution in [2.24, 2.45) is 0 Å². The Morgan fingerprint density at radius 1 is 1.41 bits per heavy atom. The molecule has 1 aliphatic rings. The Hall–Kier alpha value is -1.37. The third-order valence-electron chi connectivity index (χ3n) is 3.86. The maximum absolute atomic E-state index is 5.72. The maximum atomic E-state index is 5.72. The molecule has 4 nitrogen and oxygen atoms in total. The quantitative estimate of drug-likeness (QED) is 0.731. The van der Waals surface area contributed by atoms with Crippen molar-refractivity contribution in [2.45, 2.75) is 18.9 Å². The average molecular weight is 378 g/mol. The van der Waals surface area contributed by atoms with Gasteiger partial charge in [0, 0.05) is 23.8 Å². The summed E-state index contributed by atoms with van der Waals surface area (Å²) in [5, 5.41) is 5.64. The van der Waals surface area contributed by atoms with Gasteiger partial charge in [-0.15, -0.1) is 11.3 Å². The van der Waals surface area contributed by atoms with Gasteiger partial charge in [-0.2, -0.15) is 0 Å². The second kappa shape index (κ2) is 6.02. The number of pyridine rings is 1. The van der Waals surface area contributed by atoms with Crippen LogP contribution in [0.2, 0.25) is 0 Å². The first-order valence-corrected chi connectivity index (χ1v) is 9.05. The minimum absolute atomic E-state index is 0.300. The summed E-state index contributed by atoms with van der Waals surface area (Å²) in [5.74, 6) is 1.04. The van der Waals surface area contributed by atoms with E-state index in [9.17, 15) is 0 Å². The number of anilines is 1. The Morgan fingerprint density at radius 3 is 3.14 bits per heavy atom. The summed E-state index contributed by atoms with van der Waals surface area (Å²) in [6.45, 7) is 1.70. The third kappa shape index (κ3) is 2.66. The van der Waals surface area contributed by atoms with Crippen LogP contribution in [0.5, 0.6) is 0 Å². The highest BCUT2D eigenvalue weighted by atomic mass is 79.9. The van der Waals surface area contributed by atoms with Crippen LogP contribution in [0.25, 0.3) is 16.2 Å². The monoisotopic (exact) mass is 377 g/mol. The summed E-state index contributed by atoms with van der Waals surface area (Å²) in [5.41, 5.74) is 1.95. The fourth-order valence-electron chi connectivity index (χ4n) is 2.79. The van der Waals surface area contributed by atoms with E-state index in [4.69, 9.17) is 9.72 Å². The molecule has 6 heteroatoms. The lowest BCUT2D eigenvalue weighted by Gasteiger charge is -2.12. The standard InChI is InChI=1S/C16H16BrN3OS/c17-11-5-6-14-19-15(13-4-2-8-22-13)16(20(14)10-11)18-9-12-3-1-7-21-12/h2,4-6,8,10,12,18H,1,3,7,9H2/t12-/m1/s1. The van der Waals surface area contributed by atoms with Gasteiger partial charge in [-0.3, -0.25) is 4.40 Å². The molecule has 114 valence electrons. The molecule has 3 aromatic heterocycles. The second-order valence-corrected chi connectivity index (χ2v) is 7.24. The van der Waals surface area contributed by atoms with E-state index in [2.05, 4.69) is 49.4 Å². The van der Waals surface area contributed by atoms with E-state index in [1.54, 1.807) is 11.3 Å². The molecule has 0 aromatic carbocycles. The number of ether oxygens (including phenoxy) is 1. The van der Waals surface area contributed by atoms with Gasteiger partial charge in [-0.05, 0) is 52.4 Å². The highest BCUT2D eigenvalue weighted by Gasteiger charge is 2.19. The predicted octanol–water partition coefficient (Wildman–Crippen LogP) is 4.42. The highest BCUT2D eigenvalue weighted by molar-refractivity contribution is 9.10. The normalized spacial score (nSPS) is 18.1. The molecule has 22 heavy (non-hydrogen) atoms. The van der Waals surface area contributed by atoms with E-state index in [-0.39, 0.29) is 0 Å². The Kier molecular flexibility index (Phi) is 3.90. The van der Waals surface area contributed by atoms with Crippen molar-refractivity contribution in [3.8, 4) is 10.6 Å². The number of nitrogens with one attached hydrogen (secondary N) is 1. The van der Waals surface area contributed by atoms with Crippen molar-refractivity contribution < 1.29 is 4.74 Å². The molecule has 3 aromatic rings. The van der Waals surface area contributed by atoms with Gasteiger partial charge >= 0.3 is 0 Å². The third-order valence-corrected chi connectivity index (χ3v) is 5.20. The molecule has 0 bridgehead atoms. The SMILES string of the molecule is Brc1ccc2nc(-c3cccs3)c(NC[C@H]3CCCO3)n2c1. The summed E-state index contributed by atoms with van der Waals surface area (Å²) in [7, 11) is 0. The zero-order valence-corrected chi connectivity index (χ0v) is 14.4. The lowest BCUT2D eigenvalue weighted by Crippen LogP contribution is -2.19. The van der Waals surface area contributed by atoms with Crippen LogP contribution in [0, 0.1) is 0 Å². The van der Waals surface area contributed by atoms with E-state index in [0.29, 0.717) is 6.10 Å². The highest BCUT2D eigenvalue weighted by Crippen LogP contribution is 2.32. The first kappa shape index (κ1) is 14.2. The van der Waals surface area contributed by atoms with E-state index in [1.165, 1.54) is 4.88 Å². The molecule has 0 aliphatic carbocycles. The molecule has 0 amide bonds. The maximum Gasteiger partial charge on any atom is 0.139 e. The van der Waals surface area contributed by atoms with Crippen molar-refractivity contribution in [1.82, 2.24) is 9.38 Å². The van der Waals surface area contributed by atoms with Crippen LogP contribution in [0.3, 0.4) is 0 Å². The van der Waals surface area contributed by atoms with Crippen LogP contribution in [-0.2, 0) is 4.74 Å². The largest absolute Gasteiger partial charge is 0.376 e. The Bertz CT molecular complexity index is 778. The Labute approximate surface area is 141 Å². The zero-order valence-electron chi connectivity index (χ0n) is 12.0. The smallest absolute Gasteiger partial charge is 0.139 e. The molecule has 0 spiro atoms. The number of imidazole rings is 1. The Balaban J connectivity index is 1.74. The van der Waals surface area contributed by atoms with Crippen LogP contribution in [-0.4, -0.2) is 28.6 Å².